The highest BCUT2D eigenvalue weighted by Crippen LogP contribution is 2.34. The van der Waals surface area contributed by atoms with Gasteiger partial charge in [-0.05, 0) is 24.3 Å². The number of nitrogens with one attached hydrogen (secondary N) is 2. The van der Waals surface area contributed by atoms with Gasteiger partial charge >= 0.3 is 0 Å². The number of hydrogen-bond donors (Lipinski definition) is 2. The van der Waals surface area contributed by atoms with Crippen molar-refractivity contribution in [1.82, 2.24) is 35.1 Å². The molecule has 6 heterocycles. The lowest BCUT2D eigenvalue weighted by atomic mass is 10.1. The summed E-state index contributed by atoms with van der Waals surface area (Å²) in [6, 6.07) is 7.58. The average Bonchev–Trinajstić information content (AvgIpc) is 3.43. The van der Waals surface area contributed by atoms with Crippen LogP contribution in [0.1, 0.15) is 12.8 Å². The molecular formula is C22H18F2N8. The minimum atomic E-state index is -2.62. The number of imidazole rings is 1. The lowest BCUT2D eigenvalue weighted by Gasteiger charge is -2.32. The summed E-state index contributed by atoms with van der Waals surface area (Å²) in [5.74, 6) is -1.43. The summed E-state index contributed by atoms with van der Waals surface area (Å²) in [4.78, 5) is 23.0. The molecule has 160 valence electrons. The van der Waals surface area contributed by atoms with E-state index in [1.165, 1.54) is 0 Å². The predicted molar refractivity (Wildman–Crippen MR) is 116 cm³/mol. The van der Waals surface area contributed by atoms with Crippen LogP contribution in [0.3, 0.4) is 0 Å². The maximum atomic E-state index is 13.6. The highest BCUT2D eigenvalue weighted by Gasteiger charge is 2.35. The Bertz CT molecular complexity index is 1420. The third kappa shape index (κ3) is 3.15. The van der Waals surface area contributed by atoms with Gasteiger partial charge in [0.1, 0.15) is 11.2 Å². The van der Waals surface area contributed by atoms with Crippen LogP contribution in [-0.4, -0.2) is 54.1 Å². The minimum absolute atomic E-state index is 0.184. The van der Waals surface area contributed by atoms with Gasteiger partial charge in [-0.15, -0.1) is 0 Å². The summed E-state index contributed by atoms with van der Waals surface area (Å²) in [6.45, 7) is 0.486. The Hall–Kier alpha value is -3.95. The number of rotatable bonds is 3. The van der Waals surface area contributed by atoms with Crippen LogP contribution in [0.5, 0.6) is 0 Å². The molecule has 0 saturated carbocycles. The van der Waals surface area contributed by atoms with E-state index in [0.29, 0.717) is 22.9 Å². The molecule has 2 N–H and O–H groups in total. The molecule has 5 aromatic rings. The van der Waals surface area contributed by atoms with Crippen LogP contribution in [-0.2, 0) is 0 Å². The quantitative estimate of drug-likeness (QED) is 0.443. The monoisotopic (exact) mass is 432 g/mol. The van der Waals surface area contributed by atoms with E-state index in [4.69, 9.17) is 4.98 Å². The van der Waals surface area contributed by atoms with Crippen molar-refractivity contribution in [2.24, 2.45) is 0 Å². The van der Waals surface area contributed by atoms with Gasteiger partial charge < -0.3 is 9.88 Å². The number of pyridine rings is 3. The van der Waals surface area contributed by atoms with Crippen molar-refractivity contribution >= 4 is 27.8 Å². The summed E-state index contributed by atoms with van der Waals surface area (Å²) in [5, 5.41) is 8.31. The topological polar surface area (TPSA) is 99.3 Å². The van der Waals surface area contributed by atoms with Crippen LogP contribution in [0.4, 0.5) is 14.6 Å². The normalized spacial score (nSPS) is 16.1. The maximum Gasteiger partial charge on any atom is 0.251 e. The predicted octanol–water partition coefficient (Wildman–Crippen LogP) is 4.19. The third-order valence-electron chi connectivity index (χ3n) is 5.80. The van der Waals surface area contributed by atoms with E-state index in [1.807, 2.05) is 29.2 Å². The van der Waals surface area contributed by atoms with Crippen LogP contribution < -0.4 is 4.90 Å². The molecule has 0 radical (unpaired) electrons. The van der Waals surface area contributed by atoms with E-state index < -0.39 is 5.92 Å². The Balaban J connectivity index is 1.42. The number of halogens is 2. The minimum Gasteiger partial charge on any atom is -0.354 e. The number of H-pyrrole nitrogens is 2. The molecule has 0 bridgehead atoms. The van der Waals surface area contributed by atoms with E-state index in [9.17, 15) is 8.78 Å². The SMILES string of the molecule is FC1(F)CCN(c2nccc3[nH]c(-c4n[nH]c5cnc(-c6cccnc6)cc45)nc23)CC1. The smallest absolute Gasteiger partial charge is 0.251 e. The molecule has 8 nitrogen and oxygen atoms in total. The van der Waals surface area contributed by atoms with Gasteiger partial charge in [0.05, 0.1) is 22.9 Å². The van der Waals surface area contributed by atoms with E-state index in [2.05, 4.69) is 30.1 Å². The molecule has 0 aromatic carbocycles. The van der Waals surface area contributed by atoms with Gasteiger partial charge in [-0.25, -0.2) is 18.7 Å². The van der Waals surface area contributed by atoms with Gasteiger partial charge in [0.2, 0.25) is 0 Å². The zero-order valence-electron chi connectivity index (χ0n) is 16.9. The van der Waals surface area contributed by atoms with Crippen LogP contribution in [0.25, 0.3) is 44.7 Å². The molecule has 1 saturated heterocycles. The Labute approximate surface area is 180 Å². The van der Waals surface area contributed by atoms with Crippen LogP contribution >= 0.6 is 0 Å². The first-order chi connectivity index (χ1) is 15.6. The Kier molecular flexibility index (Phi) is 4.14. The zero-order valence-corrected chi connectivity index (χ0v) is 16.9. The molecule has 0 spiro atoms. The van der Waals surface area contributed by atoms with Crippen LogP contribution in [0, 0.1) is 0 Å². The number of hydrogen-bond acceptors (Lipinski definition) is 6. The fraction of sp³-hybridized carbons (Fsp3) is 0.227. The molecule has 1 fully saturated rings. The van der Waals surface area contributed by atoms with Gasteiger partial charge in [-0.3, -0.25) is 15.1 Å². The van der Waals surface area contributed by atoms with Crippen molar-refractivity contribution in [1.29, 1.82) is 0 Å². The van der Waals surface area contributed by atoms with E-state index >= 15 is 0 Å². The van der Waals surface area contributed by atoms with E-state index in [1.54, 1.807) is 24.8 Å². The lowest BCUT2D eigenvalue weighted by molar-refractivity contribution is -0.0221. The highest BCUT2D eigenvalue weighted by atomic mass is 19.3. The van der Waals surface area contributed by atoms with Crippen molar-refractivity contribution in [3.05, 3.63) is 49.1 Å². The largest absolute Gasteiger partial charge is 0.354 e. The first-order valence-corrected chi connectivity index (χ1v) is 10.3. The average molecular weight is 432 g/mol. The number of nitrogens with zero attached hydrogens (tertiary/aromatic N) is 6. The second kappa shape index (κ2) is 7.04. The molecule has 1 aliphatic rings. The summed E-state index contributed by atoms with van der Waals surface area (Å²) >= 11 is 0. The van der Waals surface area contributed by atoms with E-state index in [-0.39, 0.29) is 25.9 Å². The van der Waals surface area contributed by atoms with Gasteiger partial charge in [-0.2, -0.15) is 5.10 Å². The zero-order chi connectivity index (χ0) is 21.7. The number of aromatic nitrogens is 7. The molecule has 0 aliphatic carbocycles. The fourth-order valence-electron chi connectivity index (χ4n) is 4.08. The van der Waals surface area contributed by atoms with Crippen molar-refractivity contribution in [3.63, 3.8) is 0 Å². The van der Waals surface area contributed by atoms with Gasteiger partial charge in [-0.1, -0.05) is 0 Å². The second-order valence-electron chi connectivity index (χ2n) is 7.89. The number of aromatic amines is 2. The lowest BCUT2D eigenvalue weighted by Crippen LogP contribution is -2.39. The summed E-state index contributed by atoms with van der Waals surface area (Å²) in [7, 11) is 0. The molecule has 0 unspecified atom stereocenters. The highest BCUT2D eigenvalue weighted by molar-refractivity contribution is 5.96. The molecule has 32 heavy (non-hydrogen) atoms. The molecule has 1 aliphatic heterocycles. The Morgan fingerprint density at radius 1 is 1.00 bits per heavy atom. The Morgan fingerprint density at radius 3 is 2.69 bits per heavy atom. The maximum absolute atomic E-state index is 13.6. The molecule has 5 aromatic heterocycles. The molecule has 6 rings (SSSR count). The molecule has 0 amide bonds. The summed E-state index contributed by atoms with van der Waals surface area (Å²) in [6.07, 6.45) is 6.51. The van der Waals surface area contributed by atoms with Gasteiger partial charge in [0.25, 0.3) is 5.92 Å². The van der Waals surface area contributed by atoms with Crippen LogP contribution in [0.2, 0.25) is 0 Å². The second-order valence-corrected chi connectivity index (χ2v) is 7.89. The first-order valence-electron chi connectivity index (χ1n) is 10.3. The van der Waals surface area contributed by atoms with E-state index in [0.717, 1.165) is 27.7 Å². The van der Waals surface area contributed by atoms with Crippen molar-refractivity contribution in [3.8, 4) is 22.8 Å². The number of alkyl halides is 2. The van der Waals surface area contributed by atoms with Crippen molar-refractivity contribution < 1.29 is 8.78 Å². The molecule has 10 heteroatoms. The fourth-order valence-corrected chi connectivity index (χ4v) is 4.08. The van der Waals surface area contributed by atoms with Gasteiger partial charge in [0.15, 0.2) is 11.6 Å². The van der Waals surface area contributed by atoms with Crippen molar-refractivity contribution in [2.45, 2.75) is 18.8 Å². The first kappa shape index (κ1) is 18.8. The Morgan fingerprint density at radius 2 is 1.88 bits per heavy atom. The molecular weight excluding hydrogens is 414 g/mol. The van der Waals surface area contributed by atoms with Gasteiger partial charge in [0, 0.05) is 55.5 Å². The standard InChI is InChI=1S/C22H18F2N8/c23-22(24)4-8-32(9-5-22)21-19-15(3-7-26-21)28-20(29-19)18-14-10-16(13-2-1-6-25-11-13)27-12-17(14)30-31-18/h1-3,6-7,10-12H,4-5,8-9H2,(H,28,29)(H,30,31). The number of fused-ring (bicyclic) bond motifs is 2. The number of piperidine rings is 1. The van der Waals surface area contributed by atoms with Crippen LogP contribution in [0.15, 0.2) is 49.1 Å². The molecule has 0 atom stereocenters. The third-order valence-corrected chi connectivity index (χ3v) is 5.80. The summed E-state index contributed by atoms with van der Waals surface area (Å²) < 4.78 is 27.2. The summed E-state index contributed by atoms with van der Waals surface area (Å²) in [5.41, 5.74) is 4.54. The van der Waals surface area contributed by atoms with Crippen molar-refractivity contribution in [2.75, 3.05) is 18.0 Å². The number of anilines is 1.